The highest BCUT2D eigenvalue weighted by Crippen LogP contribution is 2.33. The van der Waals surface area contributed by atoms with Crippen molar-refractivity contribution in [2.24, 2.45) is 5.41 Å². The third kappa shape index (κ3) is 10.1. The van der Waals surface area contributed by atoms with Gasteiger partial charge in [0.25, 0.3) is 6.43 Å². The van der Waals surface area contributed by atoms with Crippen LogP contribution in [0.15, 0.2) is 90.6 Å². The van der Waals surface area contributed by atoms with E-state index in [9.17, 15) is 28.3 Å². The first kappa shape index (κ1) is 43.4. The van der Waals surface area contributed by atoms with Crippen LogP contribution in [0.4, 0.5) is 14.5 Å². The van der Waals surface area contributed by atoms with E-state index in [2.05, 4.69) is 30.7 Å². The fourth-order valence-corrected chi connectivity index (χ4v) is 8.84. The maximum Gasteiger partial charge on any atom is 0.264 e. The quantitative estimate of drug-likeness (QED) is 0.125. The van der Waals surface area contributed by atoms with E-state index in [0.717, 1.165) is 38.5 Å². The predicted octanol–water partition coefficient (Wildman–Crippen LogP) is 6.67. The van der Waals surface area contributed by atoms with Crippen molar-refractivity contribution in [1.82, 2.24) is 35.6 Å². The van der Waals surface area contributed by atoms with Gasteiger partial charge in [0.2, 0.25) is 17.7 Å². The average Bonchev–Trinajstić information content (AvgIpc) is 3.87. The lowest BCUT2D eigenvalue weighted by molar-refractivity contribution is -0.144. The van der Waals surface area contributed by atoms with Crippen LogP contribution in [0, 0.1) is 12.3 Å². The number of rotatable bonds is 12. The third-order valence-corrected chi connectivity index (χ3v) is 12.5. The number of halogens is 2. The number of nitrogens with zero attached hydrogens (tertiary/aromatic N) is 6. The number of aromatic nitrogens is 3. The molecule has 2 aliphatic heterocycles. The number of aliphatic hydroxyl groups is 1. The largest absolute Gasteiger partial charge is 0.391 e. The number of hydrogen-bond donors (Lipinski definition) is 3. The molecule has 61 heavy (non-hydrogen) atoms. The van der Waals surface area contributed by atoms with Crippen LogP contribution < -0.4 is 15.5 Å². The van der Waals surface area contributed by atoms with Crippen molar-refractivity contribution in [3.8, 4) is 32.8 Å². The van der Waals surface area contributed by atoms with Gasteiger partial charge in [-0.2, -0.15) is 10.2 Å². The van der Waals surface area contributed by atoms with E-state index in [4.69, 9.17) is 0 Å². The fraction of sp³-hybridized carbons (Fsp3) is 0.391. The van der Waals surface area contributed by atoms with Crippen LogP contribution in [0.3, 0.4) is 0 Å². The first-order valence-corrected chi connectivity index (χ1v) is 21.4. The Kier molecular flexibility index (Phi) is 13.2. The summed E-state index contributed by atoms with van der Waals surface area (Å²) in [6.07, 6.45) is -1.78. The minimum absolute atomic E-state index is 0.00406. The predicted molar refractivity (Wildman–Crippen MR) is 233 cm³/mol. The zero-order valence-corrected chi connectivity index (χ0v) is 35.8. The van der Waals surface area contributed by atoms with Gasteiger partial charge in [-0.3, -0.25) is 19.3 Å². The number of alkyl halides is 2. The topological polar surface area (TPSA) is 144 Å². The van der Waals surface area contributed by atoms with Crippen LogP contribution in [0.1, 0.15) is 63.4 Å². The molecule has 0 spiro atoms. The Hall–Kier alpha value is -5.64. The highest BCUT2D eigenvalue weighted by Gasteiger charge is 2.45. The number of aliphatic hydroxyl groups excluding tert-OH is 1. The number of benzene rings is 3. The summed E-state index contributed by atoms with van der Waals surface area (Å²) >= 11 is 1.58. The maximum absolute atomic E-state index is 14.2. The van der Waals surface area contributed by atoms with Crippen molar-refractivity contribution >= 4 is 34.7 Å². The second kappa shape index (κ2) is 18.5. The molecule has 2 aromatic heterocycles. The molecule has 0 radical (unpaired) electrons. The molecule has 1 unspecified atom stereocenters. The summed E-state index contributed by atoms with van der Waals surface area (Å²) in [5.74, 6) is -1.05. The first-order valence-electron chi connectivity index (χ1n) is 20.5. The number of likely N-dealkylation sites (tertiary alicyclic amines) is 1. The number of anilines is 1. The lowest BCUT2D eigenvalue weighted by Gasteiger charge is -2.37. The van der Waals surface area contributed by atoms with Crippen LogP contribution in [0.25, 0.3) is 32.8 Å². The molecular weight excluding hydrogens is 799 g/mol. The summed E-state index contributed by atoms with van der Waals surface area (Å²) in [6, 6.07) is 21.8. The first-order chi connectivity index (χ1) is 29.2. The van der Waals surface area contributed by atoms with Gasteiger partial charge in [0.1, 0.15) is 12.1 Å². The number of nitrogens with one attached hydrogen (secondary N) is 2. The van der Waals surface area contributed by atoms with Crippen LogP contribution in [-0.2, 0) is 14.4 Å². The average molecular weight is 851 g/mol. The van der Waals surface area contributed by atoms with Crippen LogP contribution in [-0.4, -0.2) is 105 Å². The summed E-state index contributed by atoms with van der Waals surface area (Å²) in [5.41, 5.74) is 7.34. The number of carbonyl (C=O) groups is 3. The van der Waals surface area contributed by atoms with Gasteiger partial charge in [-0.05, 0) is 54.2 Å². The Morgan fingerprint density at radius 2 is 1.61 bits per heavy atom. The van der Waals surface area contributed by atoms with Gasteiger partial charge in [-0.1, -0.05) is 81.4 Å². The molecule has 0 saturated carbocycles. The van der Waals surface area contributed by atoms with E-state index in [1.807, 2.05) is 93.6 Å². The third-order valence-electron chi connectivity index (χ3n) is 11.5. The van der Waals surface area contributed by atoms with Crippen molar-refractivity contribution in [2.45, 2.75) is 71.7 Å². The monoisotopic (exact) mass is 850 g/mol. The number of β-amino-alcohol motifs (C(OH)–C–C–N with tert-alkyl or cyclic N) is 1. The second-order valence-corrected chi connectivity index (χ2v) is 17.8. The number of piperazine rings is 1. The number of thiazole rings is 1. The molecule has 2 fully saturated rings. The summed E-state index contributed by atoms with van der Waals surface area (Å²) in [7, 11) is 0. The van der Waals surface area contributed by atoms with Gasteiger partial charge in [0.15, 0.2) is 0 Å². The number of amides is 3. The molecule has 2 aliphatic rings. The molecule has 4 atom stereocenters. The molecule has 5 aromatic rings. The normalized spacial score (nSPS) is 18.2. The summed E-state index contributed by atoms with van der Waals surface area (Å²) < 4.78 is 27.3. The van der Waals surface area contributed by atoms with Crippen molar-refractivity contribution in [3.05, 3.63) is 107 Å². The molecule has 3 aromatic carbocycles. The molecule has 12 nitrogen and oxygen atoms in total. The van der Waals surface area contributed by atoms with Crippen molar-refractivity contribution in [1.29, 1.82) is 0 Å². The number of carbonyl (C=O) groups excluding carboxylic acids is 3. The lowest BCUT2D eigenvalue weighted by Crippen LogP contribution is -2.59. The van der Waals surface area contributed by atoms with Crippen molar-refractivity contribution < 1.29 is 28.3 Å². The van der Waals surface area contributed by atoms with Gasteiger partial charge < -0.3 is 25.5 Å². The van der Waals surface area contributed by atoms with Gasteiger partial charge in [0.05, 0.1) is 46.7 Å². The summed E-state index contributed by atoms with van der Waals surface area (Å²) in [6.45, 7) is 12.2. The fourth-order valence-electron chi connectivity index (χ4n) is 8.03. The number of aryl methyl sites for hydroxylation is 1. The maximum atomic E-state index is 14.2. The van der Waals surface area contributed by atoms with E-state index in [1.54, 1.807) is 41.8 Å². The second-order valence-electron chi connectivity index (χ2n) is 16.9. The standard InChI is InChI=1S/C46H52F2N8O4S/c1-28(30-10-12-32(13-11-30)41-29(2)49-27-61-41)51-44(59)39-23-35(57)25-56(39)45(60)42(46(3,4)5)52-40(58)26-54-18-20-55(21-19-54)34-16-14-31(15-17-34)33-22-38(53-50-24-33)36-8-6-7-9-37(36)43(47)48/h6-17,22,24,27-28,35,39,42-43,57H,18-21,23,25-26H2,1-5H3,(H,51,59)(H,52,58)/t28-,35+,39-,42?/m0/s1. The molecule has 320 valence electrons. The Morgan fingerprint density at radius 3 is 2.26 bits per heavy atom. The Balaban J connectivity index is 0.926. The molecule has 3 N–H and O–H groups in total. The number of hydrogen-bond acceptors (Lipinski definition) is 10. The van der Waals surface area contributed by atoms with Crippen molar-refractivity contribution in [3.63, 3.8) is 0 Å². The minimum Gasteiger partial charge on any atom is -0.391 e. The Labute approximate surface area is 359 Å². The molecule has 0 aliphatic carbocycles. The SMILES string of the molecule is Cc1ncsc1-c1ccc([C@H](C)NC(=O)[C@@H]2C[C@@H](O)CN2C(=O)C(NC(=O)CN2CCN(c3ccc(-c4cnnc(-c5ccccc5C(F)F)c4)cc3)CC2)C(C)(C)C)cc1. The minimum atomic E-state index is -2.63. The molecule has 2 saturated heterocycles. The van der Waals surface area contributed by atoms with Gasteiger partial charge in [-0.25, -0.2) is 13.8 Å². The van der Waals surface area contributed by atoms with Crippen LogP contribution in [0.2, 0.25) is 0 Å². The van der Waals surface area contributed by atoms with Crippen LogP contribution >= 0.6 is 11.3 Å². The molecule has 15 heteroatoms. The zero-order valence-electron chi connectivity index (χ0n) is 35.0. The lowest BCUT2D eigenvalue weighted by atomic mass is 9.85. The van der Waals surface area contributed by atoms with E-state index < -0.39 is 35.9 Å². The highest BCUT2D eigenvalue weighted by atomic mass is 32.1. The van der Waals surface area contributed by atoms with Gasteiger partial charge in [0, 0.05) is 61.5 Å². The Bertz CT molecular complexity index is 2330. The zero-order chi connectivity index (χ0) is 43.4. The van der Waals surface area contributed by atoms with E-state index in [1.165, 1.54) is 11.0 Å². The summed E-state index contributed by atoms with van der Waals surface area (Å²) in [5, 5.41) is 24.9. The summed E-state index contributed by atoms with van der Waals surface area (Å²) in [4.78, 5) is 52.6. The molecule has 7 rings (SSSR count). The van der Waals surface area contributed by atoms with Crippen molar-refractivity contribution in [2.75, 3.05) is 44.2 Å². The van der Waals surface area contributed by atoms with E-state index in [-0.39, 0.29) is 42.9 Å². The van der Waals surface area contributed by atoms with E-state index in [0.29, 0.717) is 37.4 Å². The van der Waals surface area contributed by atoms with E-state index >= 15 is 0 Å². The van der Waals surface area contributed by atoms with Gasteiger partial charge in [-0.15, -0.1) is 11.3 Å². The van der Waals surface area contributed by atoms with Crippen LogP contribution in [0.5, 0.6) is 0 Å². The molecular formula is C46H52F2N8O4S. The highest BCUT2D eigenvalue weighted by molar-refractivity contribution is 7.13. The Morgan fingerprint density at radius 1 is 0.918 bits per heavy atom. The van der Waals surface area contributed by atoms with Gasteiger partial charge >= 0.3 is 0 Å². The molecule has 0 bridgehead atoms. The molecule has 4 heterocycles. The molecule has 3 amide bonds. The smallest absolute Gasteiger partial charge is 0.264 e.